The molecule has 4 heteroatoms. The maximum atomic E-state index is 11.6. The van der Waals surface area contributed by atoms with E-state index < -0.39 is 5.60 Å². The minimum absolute atomic E-state index is 0.0507. The summed E-state index contributed by atoms with van der Waals surface area (Å²) in [6.07, 6.45) is 1.21. The van der Waals surface area contributed by atoms with Gasteiger partial charge in [0, 0.05) is 12.5 Å². The lowest BCUT2D eigenvalue weighted by molar-refractivity contribution is -0.164. The Balaban J connectivity index is 2.35. The van der Waals surface area contributed by atoms with E-state index in [1.807, 2.05) is 20.8 Å². The first-order valence-electron chi connectivity index (χ1n) is 5.64. The first kappa shape index (κ1) is 12.5. The van der Waals surface area contributed by atoms with Gasteiger partial charge in [-0.15, -0.1) is 0 Å². The number of carbonyl (C=O) groups excluding carboxylic acids is 1. The molecule has 1 atom stereocenters. The summed E-state index contributed by atoms with van der Waals surface area (Å²) in [5.74, 6) is 0.260. The summed E-state index contributed by atoms with van der Waals surface area (Å²) in [6.45, 7) is 6.83. The normalized spacial score (nSPS) is 21.3. The van der Waals surface area contributed by atoms with Gasteiger partial charge in [-0.3, -0.25) is 4.79 Å². The molecule has 0 aliphatic carbocycles. The predicted octanol–water partition coefficient (Wildman–Crippen LogP) is 0.343. The Morgan fingerprint density at radius 2 is 2.07 bits per heavy atom. The van der Waals surface area contributed by atoms with Crippen molar-refractivity contribution in [3.05, 3.63) is 0 Å². The fourth-order valence-corrected chi connectivity index (χ4v) is 1.65. The van der Waals surface area contributed by atoms with Crippen LogP contribution in [-0.2, 0) is 4.79 Å². The van der Waals surface area contributed by atoms with Gasteiger partial charge in [-0.1, -0.05) is 20.8 Å². The standard InChI is InChI=1S/C11H22N2O2/c1-4-9(12)5-10(14)13-6-11(15,7-13)8(2)3/h8-9,15H,4-7,12H2,1-3H3. The number of rotatable bonds is 4. The molecule has 0 aromatic heterocycles. The van der Waals surface area contributed by atoms with Crippen LogP contribution in [0.2, 0.25) is 0 Å². The molecule has 0 aromatic rings. The highest BCUT2D eigenvalue weighted by Gasteiger charge is 2.45. The van der Waals surface area contributed by atoms with Crippen LogP contribution >= 0.6 is 0 Å². The smallest absolute Gasteiger partial charge is 0.224 e. The molecule has 15 heavy (non-hydrogen) atoms. The maximum Gasteiger partial charge on any atom is 0.224 e. The summed E-state index contributed by atoms with van der Waals surface area (Å²) >= 11 is 0. The van der Waals surface area contributed by atoms with Crippen molar-refractivity contribution in [3.8, 4) is 0 Å². The number of likely N-dealkylation sites (tertiary alicyclic amines) is 1. The summed E-state index contributed by atoms with van der Waals surface area (Å²) in [7, 11) is 0. The highest BCUT2D eigenvalue weighted by molar-refractivity contribution is 5.78. The monoisotopic (exact) mass is 214 g/mol. The molecule has 0 bridgehead atoms. The third-order valence-corrected chi connectivity index (χ3v) is 3.32. The molecule has 1 amide bonds. The first-order valence-corrected chi connectivity index (χ1v) is 5.64. The van der Waals surface area contributed by atoms with Crippen molar-refractivity contribution in [1.82, 2.24) is 4.90 Å². The minimum atomic E-state index is -0.675. The van der Waals surface area contributed by atoms with Crippen LogP contribution < -0.4 is 5.73 Å². The molecule has 4 nitrogen and oxygen atoms in total. The van der Waals surface area contributed by atoms with Crippen LogP contribution in [-0.4, -0.2) is 40.6 Å². The van der Waals surface area contributed by atoms with Gasteiger partial charge in [-0.05, 0) is 12.3 Å². The van der Waals surface area contributed by atoms with Crippen LogP contribution in [0.1, 0.15) is 33.6 Å². The van der Waals surface area contributed by atoms with Gasteiger partial charge in [0.15, 0.2) is 0 Å². The van der Waals surface area contributed by atoms with E-state index in [2.05, 4.69) is 0 Å². The van der Waals surface area contributed by atoms with Crippen molar-refractivity contribution >= 4 is 5.91 Å². The van der Waals surface area contributed by atoms with Crippen molar-refractivity contribution in [2.24, 2.45) is 11.7 Å². The van der Waals surface area contributed by atoms with Gasteiger partial charge >= 0.3 is 0 Å². The zero-order valence-electron chi connectivity index (χ0n) is 9.86. The summed E-state index contributed by atoms with van der Waals surface area (Å²) in [5.41, 5.74) is 5.03. The molecule has 0 saturated carbocycles. The molecule has 1 fully saturated rings. The highest BCUT2D eigenvalue weighted by atomic mass is 16.3. The molecule has 1 aliphatic heterocycles. The van der Waals surface area contributed by atoms with E-state index in [-0.39, 0.29) is 17.9 Å². The second kappa shape index (κ2) is 4.49. The average molecular weight is 214 g/mol. The van der Waals surface area contributed by atoms with Crippen LogP contribution in [0.4, 0.5) is 0 Å². The van der Waals surface area contributed by atoms with Crippen LogP contribution in [0.5, 0.6) is 0 Å². The lowest BCUT2D eigenvalue weighted by Gasteiger charge is -2.49. The number of β-amino-alcohol motifs (C(OH)–C–C–N with tert-alkyl or cyclic N) is 1. The number of aliphatic hydroxyl groups is 1. The number of amides is 1. The quantitative estimate of drug-likeness (QED) is 0.709. The predicted molar refractivity (Wildman–Crippen MR) is 59.3 cm³/mol. The largest absolute Gasteiger partial charge is 0.386 e. The van der Waals surface area contributed by atoms with E-state index in [0.29, 0.717) is 19.5 Å². The first-order chi connectivity index (χ1) is 6.89. The highest BCUT2D eigenvalue weighted by Crippen LogP contribution is 2.28. The second-order valence-corrected chi connectivity index (χ2v) is 4.88. The molecule has 0 spiro atoms. The average Bonchev–Trinajstić information content (AvgIpc) is 2.11. The van der Waals surface area contributed by atoms with E-state index in [4.69, 9.17) is 5.73 Å². The molecule has 1 heterocycles. The molecule has 0 aromatic carbocycles. The molecule has 1 aliphatic rings. The Kier molecular flexibility index (Phi) is 3.73. The van der Waals surface area contributed by atoms with Gasteiger partial charge in [0.25, 0.3) is 0 Å². The molecular weight excluding hydrogens is 192 g/mol. The molecule has 3 N–H and O–H groups in total. The Morgan fingerprint density at radius 1 is 1.53 bits per heavy atom. The number of carbonyl (C=O) groups is 1. The second-order valence-electron chi connectivity index (χ2n) is 4.88. The van der Waals surface area contributed by atoms with Crippen molar-refractivity contribution in [3.63, 3.8) is 0 Å². The molecule has 1 rings (SSSR count). The fourth-order valence-electron chi connectivity index (χ4n) is 1.65. The van der Waals surface area contributed by atoms with Crippen molar-refractivity contribution < 1.29 is 9.90 Å². The SMILES string of the molecule is CCC(N)CC(=O)N1CC(O)(C(C)C)C1. The van der Waals surface area contributed by atoms with E-state index in [0.717, 1.165) is 6.42 Å². The van der Waals surface area contributed by atoms with Crippen molar-refractivity contribution in [2.45, 2.75) is 45.3 Å². The van der Waals surface area contributed by atoms with E-state index in [9.17, 15) is 9.90 Å². The number of hydrogen-bond acceptors (Lipinski definition) is 3. The lowest BCUT2D eigenvalue weighted by Crippen LogP contribution is -2.66. The zero-order chi connectivity index (χ0) is 11.6. The van der Waals surface area contributed by atoms with Crippen LogP contribution in [0.25, 0.3) is 0 Å². The van der Waals surface area contributed by atoms with Crippen LogP contribution in [0.15, 0.2) is 0 Å². The number of nitrogens with two attached hydrogens (primary N) is 1. The Morgan fingerprint density at radius 3 is 2.47 bits per heavy atom. The zero-order valence-corrected chi connectivity index (χ0v) is 9.86. The third-order valence-electron chi connectivity index (χ3n) is 3.32. The van der Waals surface area contributed by atoms with Gasteiger partial charge in [0.2, 0.25) is 5.91 Å². The van der Waals surface area contributed by atoms with Gasteiger partial charge in [0.05, 0.1) is 13.1 Å². The fraction of sp³-hybridized carbons (Fsp3) is 0.909. The summed E-state index contributed by atoms with van der Waals surface area (Å²) in [4.78, 5) is 13.3. The van der Waals surface area contributed by atoms with E-state index >= 15 is 0 Å². The van der Waals surface area contributed by atoms with Gasteiger partial charge in [-0.2, -0.15) is 0 Å². The Hall–Kier alpha value is -0.610. The molecule has 88 valence electrons. The van der Waals surface area contributed by atoms with Crippen molar-refractivity contribution in [1.29, 1.82) is 0 Å². The molecule has 1 saturated heterocycles. The van der Waals surface area contributed by atoms with Crippen LogP contribution in [0.3, 0.4) is 0 Å². The van der Waals surface area contributed by atoms with Crippen molar-refractivity contribution in [2.75, 3.05) is 13.1 Å². The molecular formula is C11H22N2O2. The summed E-state index contributed by atoms with van der Waals surface area (Å²) in [6, 6.07) is -0.0507. The third kappa shape index (κ3) is 2.69. The van der Waals surface area contributed by atoms with E-state index in [1.54, 1.807) is 4.90 Å². The Labute approximate surface area is 91.4 Å². The van der Waals surface area contributed by atoms with Gasteiger partial charge < -0.3 is 15.7 Å². The number of nitrogens with zero attached hydrogens (tertiary/aromatic N) is 1. The number of hydrogen-bond donors (Lipinski definition) is 2. The lowest BCUT2D eigenvalue weighted by atomic mass is 9.82. The van der Waals surface area contributed by atoms with Gasteiger partial charge in [-0.25, -0.2) is 0 Å². The molecule has 0 radical (unpaired) electrons. The van der Waals surface area contributed by atoms with Gasteiger partial charge in [0.1, 0.15) is 5.60 Å². The van der Waals surface area contributed by atoms with Crippen LogP contribution in [0, 0.1) is 5.92 Å². The summed E-state index contributed by atoms with van der Waals surface area (Å²) in [5, 5.41) is 9.97. The minimum Gasteiger partial charge on any atom is -0.386 e. The summed E-state index contributed by atoms with van der Waals surface area (Å²) < 4.78 is 0. The topological polar surface area (TPSA) is 66.6 Å². The Bertz CT molecular complexity index is 235. The molecule has 1 unspecified atom stereocenters. The maximum absolute atomic E-state index is 11.6. The van der Waals surface area contributed by atoms with E-state index in [1.165, 1.54) is 0 Å².